The third-order valence-electron chi connectivity index (χ3n) is 1.16. The Bertz CT molecular complexity index is 301. The predicted octanol–water partition coefficient (Wildman–Crippen LogP) is 1.66. The summed E-state index contributed by atoms with van der Waals surface area (Å²) in [4.78, 5) is 10.2. The van der Waals surface area contributed by atoms with Crippen LogP contribution in [0.1, 0.15) is 10.4 Å². The summed E-state index contributed by atoms with van der Waals surface area (Å²) in [5.74, 6) is -3.24. The molecular weight excluding hydrogens is 262 g/mol. The molecule has 1 aromatic rings. The SMILES string of the molecule is O=C(O)c1ccc(F)cc1F.[Ag]. The fourth-order valence-corrected chi connectivity index (χ4v) is 0.663. The molecule has 0 saturated carbocycles. The average molecular weight is 266 g/mol. The summed E-state index contributed by atoms with van der Waals surface area (Å²) in [7, 11) is 0. The molecule has 2 nitrogen and oxygen atoms in total. The fraction of sp³-hybridized carbons (Fsp3) is 0. The van der Waals surface area contributed by atoms with Gasteiger partial charge < -0.3 is 5.11 Å². The van der Waals surface area contributed by atoms with Gasteiger partial charge in [-0.15, -0.1) is 0 Å². The van der Waals surface area contributed by atoms with Gasteiger partial charge in [0.2, 0.25) is 0 Å². The molecule has 0 aliphatic rings. The van der Waals surface area contributed by atoms with E-state index in [4.69, 9.17) is 5.11 Å². The molecule has 1 aromatic carbocycles. The summed E-state index contributed by atoms with van der Waals surface area (Å²) < 4.78 is 24.7. The zero-order chi connectivity index (χ0) is 8.43. The Balaban J connectivity index is 0.00000121. The molecule has 1 N–H and O–H groups in total. The molecule has 69 valence electrons. The average Bonchev–Trinajstić information content (AvgIpc) is 1.85. The first-order chi connectivity index (χ1) is 5.11. The number of halogens is 2. The molecule has 0 amide bonds. The molecule has 0 aliphatic heterocycles. The molecule has 0 aromatic heterocycles. The van der Waals surface area contributed by atoms with Gasteiger partial charge in [-0.05, 0) is 12.1 Å². The van der Waals surface area contributed by atoms with Crippen LogP contribution in [0.3, 0.4) is 0 Å². The third kappa shape index (κ3) is 2.41. The molecule has 0 heterocycles. The Kier molecular flexibility index (Phi) is 4.09. The molecular formula is C7H4AgF2O2. The molecule has 0 spiro atoms. The van der Waals surface area contributed by atoms with Crippen molar-refractivity contribution >= 4 is 5.97 Å². The number of rotatable bonds is 1. The van der Waals surface area contributed by atoms with Crippen molar-refractivity contribution in [3.8, 4) is 0 Å². The minimum atomic E-state index is -1.40. The van der Waals surface area contributed by atoms with Crippen molar-refractivity contribution in [1.29, 1.82) is 0 Å². The van der Waals surface area contributed by atoms with Crippen LogP contribution in [0, 0.1) is 11.6 Å². The van der Waals surface area contributed by atoms with Crippen LogP contribution in [0.25, 0.3) is 0 Å². The van der Waals surface area contributed by atoms with Crippen LogP contribution >= 0.6 is 0 Å². The number of carbonyl (C=O) groups is 1. The molecule has 0 atom stereocenters. The number of carboxylic acid groups (broad SMARTS) is 1. The number of carboxylic acids is 1. The van der Waals surface area contributed by atoms with Gasteiger partial charge in [0.1, 0.15) is 11.6 Å². The van der Waals surface area contributed by atoms with Gasteiger partial charge >= 0.3 is 5.97 Å². The van der Waals surface area contributed by atoms with Gasteiger partial charge in [-0.1, -0.05) is 0 Å². The van der Waals surface area contributed by atoms with E-state index in [0.29, 0.717) is 6.07 Å². The van der Waals surface area contributed by atoms with E-state index in [1.54, 1.807) is 0 Å². The molecule has 1 rings (SSSR count). The first-order valence-electron chi connectivity index (χ1n) is 2.79. The summed E-state index contributed by atoms with van der Waals surface area (Å²) in [6, 6.07) is 2.31. The van der Waals surface area contributed by atoms with Crippen LogP contribution in [0.15, 0.2) is 18.2 Å². The third-order valence-corrected chi connectivity index (χ3v) is 1.16. The molecule has 12 heavy (non-hydrogen) atoms. The van der Waals surface area contributed by atoms with Crippen LogP contribution in [-0.4, -0.2) is 11.1 Å². The summed E-state index contributed by atoms with van der Waals surface area (Å²) in [5, 5.41) is 8.29. The van der Waals surface area contributed by atoms with Crippen molar-refractivity contribution in [2.75, 3.05) is 0 Å². The second-order valence-corrected chi connectivity index (χ2v) is 1.93. The number of benzene rings is 1. The van der Waals surface area contributed by atoms with Crippen molar-refractivity contribution < 1.29 is 41.1 Å². The zero-order valence-corrected chi connectivity index (χ0v) is 7.13. The molecule has 0 saturated heterocycles. The van der Waals surface area contributed by atoms with Crippen molar-refractivity contribution in [1.82, 2.24) is 0 Å². The van der Waals surface area contributed by atoms with Crippen LogP contribution in [-0.2, 0) is 22.4 Å². The smallest absolute Gasteiger partial charge is 0.338 e. The largest absolute Gasteiger partial charge is 0.478 e. The number of hydrogen-bond acceptors (Lipinski definition) is 1. The van der Waals surface area contributed by atoms with Crippen LogP contribution in [0.4, 0.5) is 8.78 Å². The van der Waals surface area contributed by atoms with Crippen molar-refractivity contribution in [3.63, 3.8) is 0 Å². The fourth-order valence-electron chi connectivity index (χ4n) is 0.663. The zero-order valence-electron chi connectivity index (χ0n) is 5.64. The Morgan fingerprint density at radius 1 is 1.33 bits per heavy atom. The van der Waals surface area contributed by atoms with Gasteiger partial charge in [-0.25, -0.2) is 13.6 Å². The van der Waals surface area contributed by atoms with Gasteiger partial charge in [0.25, 0.3) is 0 Å². The van der Waals surface area contributed by atoms with Gasteiger partial charge in [0, 0.05) is 28.4 Å². The van der Waals surface area contributed by atoms with E-state index < -0.39 is 23.2 Å². The van der Waals surface area contributed by atoms with E-state index in [1.807, 2.05) is 0 Å². The minimum Gasteiger partial charge on any atom is -0.478 e. The summed E-state index contributed by atoms with van der Waals surface area (Å²) in [5.41, 5.74) is -0.522. The quantitative estimate of drug-likeness (QED) is 0.785. The van der Waals surface area contributed by atoms with E-state index in [2.05, 4.69) is 0 Å². The van der Waals surface area contributed by atoms with E-state index in [1.165, 1.54) is 0 Å². The second-order valence-electron chi connectivity index (χ2n) is 1.93. The molecule has 0 aliphatic carbocycles. The molecule has 0 bridgehead atoms. The second kappa shape index (κ2) is 4.35. The maximum atomic E-state index is 12.5. The summed E-state index contributed by atoms with van der Waals surface area (Å²) in [6.45, 7) is 0. The van der Waals surface area contributed by atoms with Crippen LogP contribution < -0.4 is 0 Å². The van der Waals surface area contributed by atoms with E-state index in [0.717, 1.165) is 12.1 Å². The summed E-state index contributed by atoms with van der Waals surface area (Å²) in [6.07, 6.45) is 0. The Hall–Kier alpha value is -0.710. The Morgan fingerprint density at radius 2 is 1.92 bits per heavy atom. The number of aromatic carboxylic acids is 1. The number of hydrogen-bond donors (Lipinski definition) is 1. The first kappa shape index (κ1) is 11.3. The van der Waals surface area contributed by atoms with Crippen molar-refractivity contribution in [2.45, 2.75) is 0 Å². The predicted molar refractivity (Wildman–Crippen MR) is 33.3 cm³/mol. The van der Waals surface area contributed by atoms with Gasteiger partial charge in [-0.2, -0.15) is 0 Å². The van der Waals surface area contributed by atoms with Gasteiger partial charge in [0.05, 0.1) is 5.56 Å². The van der Waals surface area contributed by atoms with Crippen molar-refractivity contribution in [2.24, 2.45) is 0 Å². The monoisotopic (exact) mass is 265 g/mol. The molecule has 5 heteroatoms. The standard InChI is InChI=1S/C7H4F2O2.Ag/c8-4-1-2-5(7(10)11)6(9)3-4;/h1-3H,(H,10,11);. The first-order valence-corrected chi connectivity index (χ1v) is 2.79. The molecule has 1 radical (unpaired) electrons. The van der Waals surface area contributed by atoms with E-state index in [9.17, 15) is 13.6 Å². The normalized spacial score (nSPS) is 8.83. The van der Waals surface area contributed by atoms with Crippen molar-refractivity contribution in [3.05, 3.63) is 35.4 Å². The van der Waals surface area contributed by atoms with Gasteiger partial charge in [-0.3, -0.25) is 0 Å². The molecule has 0 fully saturated rings. The maximum absolute atomic E-state index is 12.5. The van der Waals surface area contributed by atoms with Gasteiger partial charge in [0.15, 0.2) is 0 Å². The van der Waals surface area contributed by atoms with E-state index in [-0.39, 0.29) is 22.4 Å². The Labute approximate surface area is 82.7 Å². The van der Waals surface area contributed by atoms with Crippen LogP contribution in [0.5, 0.6) is 0 Å². The maximum Gasteiger partial charge on any atom is 0.338 e. The van der Waals surface area contributed by atoms with Crippen LogP contribution in [0.2, 0.25) is 0 Å². The van der Waals surface area contributed by atoms with E-state index >= 15 is 0 Å². The summed E-state index contributed by atoms with van der Waals surface area (Å²) >= 11 is 0. The Morgan fingerprint density at radius 3 is 2.33 bits per heavy atom. The minimum absolute atomic E-state index is 0. The topological polar surface area (TPSA) is 37.3 Å². The molecule has 0 unspecified atom stereocenters.